The predicted octanol–water partition coefficient (Wildman–Crippen LogP) is 2.71. The normalized spacial score (nSPS) is 12.8. The molecule has 0 aliphatic heterocycles. The molecule has 20 heavy (non-hydrogen) atoms. The van der Waals surface area contributed by atoms with Crippen molar-refractivity contribution in [3.05, 3.63) is 47.5 Å². The molecule has 2 aromatic rings. The summed E-state index contributed by atoms with van der Waals surface area (Å²) in [5.41, 5.74) is 2.66. The summed E-state index contributed by atoms with van der Waals surface area (Å²) in [6, 6.07) is 9.07. The highest BCUT2D eigenvalue weighted by atomic mass is 15.3. The van der Waals surface area contributed by atoms with Crippen molar-refractivity contribution in [1.82, 2.24) is 20.1 Å². The monoisotopic (exact) mass is 272 g/mol. The van der Waals surface area contributed by atoms with Crippen LogP contribution in [0.25, 0.3) is 0 Å². The Morgan fingerprint density at radius 1 is 1.30 bits per heavy atom. The van der Waals surface area contributed by atoms with Gasteiger partial charge < -0.3 is 5.32 Å². The van der Waals surface area contributed by atoms with E-state index in [0.29, 0.717) is 12.0 Å². The third-order valence-corrected chi connectivity index (χ3v) is 3.53. The summed E-state index contributed by atoms with van der Waals surface area (Å²) in [6.45, 7) is 7.35. The van der Waals surface area contributed by atoms with Gasteiger partial charge in [0.05, 0.1) is 0 Å². The van der Waals surface area contributed by atoms with Gasteiger partial charge in [-0.05, 0) is 33.4 Å². The van der Waals surface area contributed by atoms with Crippen LogP contribution < -0.4 is 5.32 Å². The molecule has 0 aliphatic carbocycles. The van der Waals surface area contributed by atoms with Crippen molar-refractivity contribution in [2.24, 2.45) is 0 Å². The summed E-state index contributed by atoms with van der Waals surface area (Å²) in [5, 5.41) is 7.61. The van der Waals surface area contributed by atoms with E-state index in [1.165, 1.54) is 11.1 Å². The quantitative estimate of drug-likeness (QED) is 0.879. The highest BCUT2D eigenvalue weighted by Crippen LogP contribution is 2.21. The predicted molar refractivity (Wildman–Crippen MR) is 82.0 cm³/mol. The Hall–Kier alpha value is -1.68. The minimum absolute atomic E-state index is 0.347. The highest BCUT2D eigenvalue weighted by molar-refractivity contribution is 5.26. The third-order valence-electron chi connectivity index (χ3n) is 3.53. The van der Waals surface area contributed by atoms with Gasteiger partial charge in [-0.1, -0.05) is 29.8 Å². The largest absolute Gasteiger partial charge is 0.319 e. The van der Waals surface area contributed by atoms with Gasteiger partial charge in [0, 0.05) is 24.9 Å². The Balaban J connectivity index is 2.23. The summed E-state index contributed by atoms with van der Waals surface area (Å²) in [7, 11) is 2.00. The average molecular weight is 272 g/mol. The van der Waals surface area contributed by atoms with Crippen molar-refractivity contribution in [2.75, 3.05) is 13.6 Å². The van der Waals surface area contributed by atoms with Crippen molar-refractivity contribution < 1.29 is 0 Å². The van der Waals surface area contributed by atoms with Crippen LogP contribution >= 0.6 is 0 Å². The molecule has 0 saturated heterocycles. The van der Waals surface area contributed by atoms with E-state index in [4.69, 9.17) is 0 Å². The van der Waals surface area contributed by atoms with Crippen LogP contribution in [0, 0.1) is 6.92 Å². The van der Waals surface area contributed by atoms with E-state index in [1.807, 2.05) is 11.7 Å². The summed E-state index contributed by atoms with van der Waals surface area (Å²) in [4.78, 5) is 4.43. The zero-order valence-corrected chi connectivity index (χ0v) is 12.8. The van der Waals surface area contributed by atoms with Crippen molar-refractivity contribution in [1.29, 1.82) is 0 Å². The fourth-order valence-corrected chi connectivity index (χ4v) is 2.55. The van der Waals surface area contributed by atoms with Gasteiger partial charge in [0.1, 0.15) is 12.2 Å². The average Bonchev–Trinajstić information content (AvgIpc) is 2.86. The van der Waals surface area contributed by atoms with Crippen molar-refractivity contribution in [3.63, 3.8) is 0 Å². The molecule has 4 nitrogen and oxygen atoms in total. The maximum Gasteiger partial charge on any atom is 0.138 e. The highest BCUT2D eigenvalue weighted by Gasteiger charge is 2.16. The molecule has 0 amide bonds. The van der Waals surface area contributed by atoms with Gasteiger partial charge in [-0.15, -0.1) is 0 Å². The van der Waals surface area contributed by atoms with Crippen LogP contribution in [0.4, 0.5) is 0 Å². The van der Waals surface area contributed by atoms with E-state index in [0.717, 1.165) is 18.8 Å². The number of rotatable bonds is 6. The van der Waals surface area contributed by atoms with Gasteiger partial charge in [0.25, 0.3) is 0 Å². The Morgan fingerprint density at radius 2 is 2.10 bits per heavy atom. The smallest absolute Gasteiger partial charge is 0.138 e. The lowest BCUT2D eigenvalue weighted by Gasteiger charge is -2.18. The molecule has 4 heteroatoms. The molecule has 0 spiro atoms. The maximum atomic E-state index is 4.43. The third kappa shape index (κ3) is 3.45. The van der Waals surface area contributed by atoms with Gasteiger partial charge in [-0.3, -0.25) is 0 Å². The first-order chi connectivity index (χ1) is 9.61. The zero-order valence-electron chi connectivity index (χ0n) is 12.8. The van der Waals surface area contributed by atoms with E-state index in [2.05, 4.69) is 60.4 Å². The number of nitrogens with one attached hydrogen (secondary N) is 1. The van der Waals surface area contributed by atoms with E-state index in [1.54, 1.807) is 6.33 Å². The molecule has 0 radical (unpaired) electrons. The number of aromatic nitrogens is 3. The lowest BCUT2D eigenvalue weighted by atomic mass is 9.94. The van der Waals surface area contributed by atoms with Crippen LogP contribution in [0.3, 0.4) is 0 Å². The molecule has 2 rings (SSSR count). The number of aryl methyl sites for hydroxylation is 1. The number of benzene rings is 1. The molecular formula is C16H24N4. The summed E-state index contributed by atoms with van der Waals surface area (Å²) < 4.78 is 2.01. The molecule has 1 atom stereocenters. The van der Waals surface area contributed by atoms with Crippen LogP contribution in [0.15, 0.2) is 30.6 Å². The van der Waals surface area contributed by atoms with E-state index in [9.17, 15) is 0 Å². The molecule has 1 aromatic heterocycles. The second-order valence-electron chi connectivity index (χ2n) is 5.59. The fourth-order valence-electron chi connectivity index (χ4n) is 2.55. The first-order valence-electron chi connectivity index (χ1n) is 7.21. The van der Waals surface area contributed by atoms with Crippen LogP contribution in [-0.2, 0) is 6.42 Å². The SMILES string of the molecule is CNCC(Cc1ncnn1C(C)C)c1cccc(C)c1. The topological polar surface area (TPSA) is 42.7 Å². The van der Waals surface area contributed by atoms with Crippen molar-refractivity contribution in [3.8, 4) is 0 Å². The summed E-state index contributed by atoms with van der Waals surface area (Å²) in [5.74, 6) is 1.48. The molecule has 1 aromatic carbocycles. The van der Waals surface area contributed by atoms with E-state index >= 15 is 0 Å². The van der Waals surface area contributed by atoms with Crippen molar-refractivity contribution in [2.45, 2.75) is 39.2 Å². The molecule has 108 valence electrons. The van der Waals surface area contributed by atoms with Crippen LogP contribution in [0.1, 0.15) is 42.8 Å². The molecule has 0 saturated carbocycles. The minimum atomic E-state index is 0.347. The molecular weight excluding hydrogens is 248 g/mol. The minimum Gasteiger partial charge on any atom is -0.319 e. The molecule has 0 fully saturated rings. The summed E-state index contributed by atoms with van der Waals surface area (Å²) in [6.07, 6.45) is 2.56. The Bertz CT molecular complexity index is 545. The second kappa shape index (κ2) is 6.66. The summed E-state index contributed by atoms with van der Waals surface area (Å²) >= 11 is 0. The standard InChI is InChI=1S/C16H24N4/c1-12(2)20-16(18-11-19-20)9-15(10-17-4)14-7-5-6-13(3)8-14/h5-8,11-12,15,17H,9-10H2,1-4H3. The van der Waals surface area contributed by atoms with E-state index in [-0.39, 0.29) is 0 Å². The van der Waals surface area contributed by atoms with Gasteiger partial charge in [0.2, 0.25) is 0 Å². The molecule has 0 bridgehead atoms. The Kier molecular flexibility index (Phi) is 4.90. The molecule has 0 aliphatic rings. The number of likely N-dealkylation sites (N-methyl/N-ethyl adjacent to an activating group) is 1. The first kappa shape index (κ1) is 14.7. The zero-order chi connectivity index (χ0) is 14.5. The fraction of sp³-hybridized carbons (Fsp3) is 0.500. The number of nitrogens with zero attached hydrogens (tertiary/aromatic N) is 3. The Labute approximate surface area is 121 Å². The van der Waals surface area contributed by atoms with Crippen LogP contribution in [0.2, 0.25) is 0 Å². The lowest BCUT2D eigenvalue weighted by Crippen LogP contribution is -2.21. The molecule has 1 heterocycles. The van der Waals surface area contributed by atoms with Crippen LogP contribution in [0.5, 0.6) is 0 Å². The second-order valence-corrected chi connectivity index (χ2v) is 5.59. The lowest BCUT2D eigenvalue weighted by molar-refractivity contribution is 0.487. The van der Waals surface area contributed by atoms with Gasteiger partial charge in [-0.25, -0.2) is 9.67 Å². The van der Waals surface area contributed by atoms with Crippen LogP contribution in [-0.4, -0.2) is 28.4 Å². The molecule has 1 N–H and O–H groups in total. The van der Waals surface area contributed by atoms with Gasteiger partial charge in [0.15, 0.2) is 0 Å². The Morgan fingerprint density at radius 3 is 2.75 bits per heavy atom. The first-order valence-corrected chi connectivity index (χ1v) is 7.21. The number of hydrogen-bond acceptors (Lipinski definition) is 3. The van der Waals surface area contributed by atoms with E-state index < -0.39 is 0 Å². The van der Waals surface area contributed by atoms with Gasteiger partial charge >= 0.3 is 0 Å². The maximum absolute atomic E-state index is 4.43. The van der Waals surface area contributed by atoms with Crippen molar-refractivity contribution >= 4 is 0 Å². The van der Waals surface area contributed by atoms with Gasteiger partial charge in [-0.2, -0.15) is 5.10 Å². The molecule has 1 unspecified atom stereocenters. The number of hydrogen-bond donors (Lipinski definition) is 1.